The summed E-state index contributed by atoms with van der Waals surface area (Å²) in [5.41, 5.74) is 1.09. The van der Waals surface area contributed by atoms with E-state index in [4.69, 9.17) is 16.3 Å². The molecule has 2 saturated heterocycles. The van der Waals surface area contributed by atoms with Gasteiger partial charge in [0.1, 0.15) is 5.15 Å². The van der Waals surface area contributed by atoms with Crippen molar-refractivity contribution in [1.29, 1.82) is 0 Å². The summed E-state index contributed by atoms with van der Waals surface area (Å²) < 4.78 is 5.05. The Morgan fingerprint density at radius 3 is 2.90 bits per heavy atom. The first-order valence-electron chi connectivity index (χ1n) is 7.03. The van der Waals surface area contributed by atoms with Gasteiger partial charge in [0.05, 0.1) is 13.0 Å². The number of nitrogens with zero attached hydrogens (tertiary/aromatic N) is 2. The molecule has 2 fully saturated rings. The molecule has 0 amide bonds. The quantitative estimate of drug-likeness (QED) is 0.621. The van der Waals surface area contributed by atoms with Crippen LogP contribution in [0.4, 0.5) is 0 Å². The number of pyridine rings is 1. The fourth-order valence-corrected chi connectivity index (χ4v) is 3.99. The molecule has 0 N–H and O–H groups in total. The number of hydrogen-bond donors (Lipinski definition) is 0. The third-order valence-corrected chi connectivity index (χ3v) is 5.14. The van der Waals surface area contributed by atoms with Crippen molar-refractivity contribution in [2.24, 2.45) is 5.92 Å². The molecule has 4 nitrogen and oxygen atoms in total. The molecule has 4 atom stereocenters. The van der Waals surface area contributed by atoms with E-state index < -0.39 is 0 Å². The Hall–Kier alpha value is -1.13. The number of methoxy groups -OCH3 is 1. The first-order chi connectivity index (χ1) is 9.61. The second-order valence-corrected chi connectivity index (χ2v) is 6.16. The van der Waals surface area contributed by atoms with Gasteiger partial charge < -0.3 is 4.74 Å². The molecule has 2 aliphatic heterocycles. The lowest BCUT2D eigenvalue weighted by Gasteiger charge is -2.41. The molecule has 5 heteroatoms. The van der Waals surface area contributed by atoms with Gasteiger partial charge in [0.25, 0.3) is 0 Å². The predicted molar refractivity (Wildman–Crippen MR) is 76.7 cm³/mol. The zero-order chi connectivity index (χ0) is 14.3. The highest BCUT2D eigenvalue weighted by atomic mass is 35.5. The molecule has 0 saturated carbocycles. The topological polar surface area (TPSA) is 42.4 Å². The van der Waals surface area contributed by atoms with Gasteiger partial charge in [-0.25, -0.2) is 4.98 Å². The number of ether oxygens (including phenoxy) is 1. The van der Waals surface area contributed by atoms with Crippen molar-refractivity contribution < 1.29 is 9.53 Å². The van der Waals surface area contributed by atoms with E-state index in [1.54, 1.807) is 12.3 Å². The highest BCUT2D eigenvalue weighted by molar-refractivity contribution is 6.29. The van der Waals surface area contributed by atoms with Crippen LogP contribution in [0.5, 0.6) is 0 Å². The summed E-state index contributed by atoms with van der Waals surface area (Å²) in [5, 5.41) is 0.485. The monoisotopic (exact) mass is 294 g/mol. The van der Waals surface area contributed by atoms with Gasteiger partial charge in [-0.3, -0.25) is 9.69 Å². The lowest BCUT2D eigenvalue weighted by Crippen LogP contribution is -2.49. The largest absolute Gasteiger partial charge is 0.469 e. The minimum Gasteiger partial charge on any atom is -0.469 e. The molecule has 0 spiro atoms. The highest BCUT2D eigenvalue weighted by Gasteiger charge is 2.49. The number of rotatable bonds is 2. The van der Waals surface area contributed by atoms with Crippen molar-refractivity contribution in [2.45, 2.75) is 37.3 Å². The number of halogens is 1. The summed E-state index contributed by atoms with van der Waals surface area (Å²) in [6.45, 7) is 0. The Morgan fingerprint density at radius 1 is 1.45 bits per heavy atom. The fourth-order valence-electron chi connectivity index (χ4n) is 3.87. The number of fused-ring (bicyclic) bond motifs is 2. The molecule has 3 heterocycles. The normalized spacial score (nSPS) is 33.1. The lowest BCUT2D eigenvalue weighted by molar-refractivity contribution is -0.150. The third-order valence-electron chi connectivity index (χ3n) is 4.92. The molecular weight excluding hydrogens is 276 g/mol. The van der Waals surface area contributed by atoms with E-state index >= 15 is 0 Å². The Kier molecular flexibility index (Phi) is 3.69. The van der Waals surface area contributed by atoms with Crippen molar-refractivity contribution in [1.82, 2.24) is 9.88 Å². The van der Waals surface area contributed by atoms with Gasteiger partial charge in [-0.05, 0) is 37.9 Å². The lowest BCUT2D eigenvalue weighted by atomic mass is 9.76. The molecule has 0 aromatic carbocycles. The van der Waals surface area contributed by atoms with Gasteiger partial charge in [0.15, 0.2) is 0 Å². The summed E-state index contributed by atoms with van der Waals surface area (Å²) in [6.07, 6.45) is 5.01. The van der Waals surface area contributed by atoms with Gasteiger partial charge >= 0.3 is 5.97 Å². The molecule has 2 aliphatic rings. The second kappa shape index (κ2) is 5.34. The molecule has 108 valence electrons. The van der Waals surface area contributed by atoms with E-state index in [9.17, 15) is 4.79 Å². The standard InChI is InChI=1S/C15H19ClN2O2/c1-18-10-4-5-12(18)14(15(19)20-2)11(7-10)9-3-6-13(16)17-8-9/h3,6,8,10-12,14H,4-5,7H2,1-2H3/t10-,11-,12?,14+/m1/s1. The van der Waals surface area contributed by atoms with Crippen molar-refractivity contribution in [3.8, 4) is 0 Å². The van der Waals surface area contributed by atoms with Crippen molar-refractivity contribution >= 4 is 17.6 Å². The van der Waals surface area contributed by atoms with E-state index in [-0.39, 0.29) is 23.8 Å². The van der Waals surface area contributed by atoms with Gasteiger partial charge in [-0.15, -0.1) is 0 Å². The van der Waals surface area contributed by atoms with Crippen LogP contribution in [-0.2, 0) is 9.53 Å². The van der Waals surface area contributed by atoms with Crippen LogP contribution in [0.3, 0.4) is 0 Å². The van der Waals surface area contributed by atoms with Crippen LogP contribution < -0.4 is 0 Å². The van der Waals surface area contributed by atoms with Crippen LogP contribution in [-0.4, -0.2) is 42.1 Å². The second-order valence-electron chi connectivity index (χ2n) is 5.77. The van der Waals surface area contributed by atoms with Crippen LogP contribution >= 0.6 is 11.6 Å². The predicted octanol–water partition coefficient (Wildman–Crippen LogP) is 2.47. The highest BCUT2D eigenvalue weighted by Crippen LogP contribution is 2.46. The summed E-state index contributed by atoms with van der Waals surface area (Å²) in [5.74, 6) is -0.0326. The Morgan fingerprint density at radius 2 is 2.25 bits per heavy atom. The van der Waals surface area contributed by atoms with Crippen LogP contribution in [0.2, 0.25) is 5.15 Å². The Labute approximate surface area is 124 Å². The number of carbonyl (C=O) groups excluding carboxylic acids is 1. The van der Waals surface area contributed by atoms with E-state index in [1.807, 2.05) is 6.07 Å². The smallest absolute Gasteiger partial charge is 0.310 e. The maximum absolute atomic E-state index is 12.3. The number of aromatic nitrogens is 1. The molecule has 1 aromatic heterocycles. The van der Waals surface area contributed by atoms with Gasteiger partial charge in [-0.2, -0.15) is 0 Å². The zero-order valence-corrected chi connectivity index (χ0v) is 12.5. The molecule has 20 heavy (non-hydrogen) atoms. The van der Waals surface area contributed by atoms with Crippen LogP contribution in [0, 0.1) is 5.92 Å². The summed E-state index contributed by atoms with van der Waals surface area (Å²) >= 11 is 5.86. The number of carbonyl (C=O) groups is 1. The minimum absolute atomic E-state index is 0.105. The molecule has 1 aromatic rings. The van der Waals surface area contributed by atoms with Crippen molar-refractivity contribution in [3.05, 3.63) is 29.0 Å². The van der Waals surface area contributed by atoms with Crippen LogP contribution in [0.15, 0.2) is 18.3 Å². The average molecular weight is 295 g/mol. The maximum atomic E-state index is 12.3. The van der Waals surface area contributed by atoms with E-state index in [0.717, 1.165) is 24.8 Å². The number of esters is 1. The van der Waals surface area contributed by atoms with E-state index in [2.05, 4.69) is 16.9 Å². The molecule has 2 bridgehead atoms. The zero-order valence-electron chi connectivity index (χ0n) is 11.8. The van der Waals surface area contributed by atoms with Crippen LogP contribution in [0.25, 0.3) is 0 Å². The first kappa shape index (κ1) is 13.8. The average Bonchev–Trinajstić information content (AvgIpc) is 2.70. The fraction of sp³-hybridized carbons (Fsp3) is 0.600. The summed E-state index contributed by atoms with van der Waals surface area (Å²) in [7, 11) is 3.59. The third kappa shape index (κ3) is 2.21. The van der Waals surface area contributed by atoms with E-state index in [0.29, 0.717) is 11.2 Å². The number of piperidine rings is 1. The van der Waals surface area contributed by atoms with Crippen molar-refractivity contribution in [2.75, 3.05) is 14.2 Å². The molecule has 0 radical (unpaired) electrons. The SMILES string of the molecule is COC(=O)[C@@H]1C2CC[C@H](C[C@@H]1c1ccc(Cl)nc1)N2C. The minimum atomic E-state index is -0.109. The Bertz CT molecular complexity index is 505. The summed E-state index contributed by atoms with van der Waals surface area (Å²) in [6, 6.07) is 4.62. The number of hydrogen-bond acceptors (Lipinski definition) is 4. The maximum Gasteiger partial charge on any atom is 0.310 e. The first-order valence-corrected chi connectivity index (χ1v) is 7.41. The van der Waals surface area contributed by atoms with Gasteiger partial charge in [-0.1, -0.05) is 17.7 Å². The van der Waals surface area contributed by atoms with Crippen molar-refractivity contribution in [3.63, 3.8) is 0 Å². The Balaban J connectivity index is 1.95. The van der Waals surface area contributed by atoms with E-state index in [1.165, 1.54) is 7.11 Å². The molecule has 1 unspecified atom stereocenters. The molecule has 3 rings (SSSR count). The van der Waals surface area contributed by atoms with Gasteiger partial charge in [0, 0.05) is 24.2 Å². The van der Waals surface area contributed by atoms with Gasteiger partial charge in [0.2, 0.25) is 0 Å². The van der Waals surface area contributed by atoms with Crippen LogP contribution in [0.1, 0.15) is 30.7 Å². The summed E-state index contributed by atoms with van der Waals surface area (Å²) in [4.78, 5) is 18.8. The molecular formula is C15H19ClN2O2. The molecule has 0 aliphatic carbocycles.